The molecule has 0 spiro atoms. The number of hydrogen-bond acceptors (Lipinski definition) is 4. The van der Waals surface area contributed by atoms with E-state index in [0.717, 1.165) is 33.3 Å². The molecule has 3 rings (SSSR count). The molecule has 0 radical (unpaired) electrons. The number of hydrogen-bond donors (Lipinski definition) is 1. The Morgan fingerprint density at radius 3 is 2.52 bits per heavy atom. The lowest BCUT2D eigenvalue weighted by atomic mass is 9.99. The Bertz CT molecular complexity index is 1030. The topological polar surface area (TPSA) is 71.5 Å². The van der Waals surface area contributed by atoms with E-state index in [0.29, 0.717) is 13.0 Å². The van der Waals surface area contributed by atoms with Crippen LogP contribution in [0.1, 0.15) is 5.56 Å². The highest BCUT2D eigenvalue weighted by Crippen LogP contribution is 2.29. The van der Waals surface area contributed by atoms with Crippen LogP contribution in [0.15, 0.2) is 54.7 Å². The van der Waals surface area contributed by atoms with Crippen LogP contribution in [0.4, 0.5) is 0 Å². The molecule has 0 bridgehead atoms. The lowest BCUT2D eigenvalue weighted by molar-refractivity contribution is 0.415. The summed E-state index contributed by atoms with van der Waals surface area (Å²) in [5, 5.41) is 1.06. The van der Waals surface area contributed by atoms with Crippen LogP contribution in [-0.4, -0.2) is 45.5 Å². The van der Waals surface area contributed by atoms with Crippen LogP contribution >= 0.6 is 0 Å². The highest BCUT2D eigenvalue weighted by molar-refractivity contribution is 7.87. The highest BCUT2D eigenvalue weighted by atomic mass is 32.2. The zero-order valence-corrected chi connectivity index (χ0v) is 16.5. The second kappa shape index (κ2) is 8.04. The quantitative estimate of drug-likeness (QED) is 0.679. The molecule has 0 fully saturated rings. The Hall–Kier alpha value is -2.48. The van der Waals surface area contributed by atoms with Gasteiger partial charge in [-0.25, -0.2) is 4.72 Å². The first-order valence-electron chi connectivity index (χ1n) is 8.61. The first-order valence-corrected chi connectivity index (χ1v) is 10.1. The summed E-state index contributed by atoms with van der Waals surface area (Å²) in [5.41, 5.74) is 4.16. The molecule has 1 N–H and O–H groups in total. The molecule has 1 heterocycles. The molecule has 7 heteroatoms. The summed E-state index contributed by atoms with van der Waals surface area (Å²) in [6.45, 7) is 0.417. The summed E-state index contributed by atoms with van der Waals surface area (Å²) in [7, 11) is 1.24. The molecule has 0 unspecified atom stereocenters. The number of nitrogens with one attached hydrogen (secondary N) is 1. The van der Waals surface area contributed by atoms with Crippen LogP contribution in [0.5, 0.6) is 5.75 Å². The maximum Gasteiger partial charge on any atom is 0.278 e. The SMILES string of the molecule is CNS(=O)(=O)N(C)CCc1ccc(-c2ccnc3cc(OC)ccc23)cc1. The molecule has 6 nitrogen and oxygen atoms in total. The van der Waals surface area contributed by atoms with Crippen molar-refractivity contribution >= 4 is 21.1 Å². The van der Waals surface area contributed by atoms with Gasteiger partial charge in [0.2, 0.25) is 0 Å². The Morgan fingerprint density at radius 1 is 1.11 bits per heavy atom. The van der Waals surface area contributed by atoms with E-state index in [1.807, 2.05) is 36.4 Å². The monoisotopic (exact) mass is 385 g/mol. The van der Waals surface area contributed by atoms with Gasteiger partial charge in [0.15, 0.2) is 0 Å². The Labute approximate surface area is 160 Å². The number of methoxy groups -OCH3 is 1. The van der Waals surface area contributed by atoms with Crippen LogP contribution in [0.25, 0.3) is 22.0 Å². The van der Waals surface area contributed by atoms with Gasteiger partial charge in [-0.05, 0) is 41.3 Å². The standard InChI is InChI=1S/C20H23N3O3S/c1-21-27(24,25)23(2)13-11-15-4-6-16(7-5-15)18-10-12-22-20-14-17(26-3)8-9-19(18)20/h4-10,12,14,21H,11,13H2,1-3H3. The third-order valence-electron chi connectivity index (χ3n) is 4.60. The fourth-order valence-electron chi connectivity index (χ4n) is 2.92. The summed E-state index contributed by atoms with van der Waals surface area (Å²) in [5.74, 6) is 0.781. The molecule has 2 aromatic carbocycles. The van der Waals surface area contributed by atoms with Crippen molar-refractivity contribution in [1.29, 1.82) is 0 Å². The van der Waals surface area contributed by atoms with Crippen molar-refractivity contribution in [1.82, 2.24) is 14.0 Å². The highest BCUT2D eigenvalue weighted by Gasteiger charge is 2.14. The maximum absolute atomic E-state index is 11.7. The van der Waals surface area contributed by atoms with E-state index < -0.39 is 10.2 Å². The summed E-state index contributed by atoms with van der Waals surface area (Å²) < 4.78 is 32.4. The summed E-state index contributed by atoms with van der Waals surface area (Å²) in [6.07, 6.45) is 2.44. The fourth-order valence-corrected chi connectivity index (χ4v) is 3.56. The largest absolute Gasteiger partial charge is 0.497 e. The fraction of sp³-hybridized carbons (Fsp3) is 0.250. The van der Waals surface area contributed by atoms with E-state index in [1.54, 1.807) is 20.4 Å². The van der Waals surface area contributed by atoms with E-state index in [9.17, 15) is 8.42 Å². The van der Waals surface area contributed by atoms with Gasteiger partial charge in [0.1, 0.15) is 5.75 Å². The third-order valence-corrected chi connectivity index (χ3v) is 6.12. The Kier molecular flexibility index (Phi) is 5.74. The minimum Gasteiger partial charge on any atom is -0.497 e. The molecule has 3 aromatic rings. The lowest BCUT2D eigenvalue weighted by Gasteiger charge is -2.16. The predicted molar refractivity (Wildman–Crippen MR) is 108 cm³/mol. The molecule has 27 heavy (non-hydrogen) atoms. The van der Waals surface area contributed by atoms with E-state index in [2.05, 4.69) is 21.8 Å². The summed E-state index contributed by atoms with van der Waals surface area (Å²) in [6, 6.07) is 16.0. The van der Waals surface area contributed by atoms with Gasteiger partial charge in [-0.2, -0.15) is 12.7 Å². The average molecular weight is 385 g/mol. The van der Waals surface area contributed by atoms with Gasteiger partial charge in [-0.15, -0.1) is 0 Å². The van der Waals surface area contributed by atoms with Crippen LogP contribution in [-0.2, 0) is 16.6 Å². The number of ether oxygens (including phenoxy) is 1. The molecule has 142 valence electrons. The molecule has 0 saturated carbocycles. The van der Waals surface area contributed by atoms with Crippen molar-refractivity contribution in [2.24, 2.45) is 0 Å². The maximum atomic E-state index is 11.7. The Balaban J connectivity index is 1.81. The first kappa shape index (κ1) is 19.3. The summed E-state index contributed by atoms with van der Waals surface area (Å²) in [4.78, 5) is 4.43. The molecule has 0 saturated heterocycles. The van der Waals surface area contributed by atoms with Gasteiger partial charge < -0.3 is 4.74 Å². The normalized spacial score (nSPS) is 11.9. The molecule has 0 aliphatic heterocycles. The van der Waals surface area contributed by atoms with Crippen molar-refractivity contribution in [3.8, 4) is 16.9 Å². The smallest absolute Gasteiger partial charge is 0.278 e. The number of benzene rings is 2. The van der Waals surface area contributed by atoms with Crippen molar-refractivity contribution in [3.05, 3.63) is 60.3 Å². The molecule has 0 aliphatic carbocycles. The van der Waals surface area contributed by atoms with Crippen molar-refractivity contribution in [2.45, 2.75) is 6.42 Å². The van der Waals surface area contributed by atoms with Crippen molar-refractivity contribution in [2.75, 3.05) is 27.7 Å². The average Bonchev–Trinajstić information content (AvgIpc) is 2.71. The molecule has 0 atom stereocenters. The molecular formula is C20H23N3O3S. The number of likely N-dealkylation sites (N-methyl/N-ethyl adjacent to an activating group) is 1. The van der Waals surface area contributed by atoms with Crippen LogP contribution in [0.2, 0.25) is 0 Å². The minimum atomic E-state index is -3.38. The zero-order chi connectivity index (χ0) is 19.4. The van der Waals surface area contributed by atoms with Gasteiger partial charge in [0, 0.05) is 38.3 Å². The predicted octanol–water partition coefficient (Wildman–Crippen LogP) is 2.85. The number of fused-ring (bicyclic) bond motifs is 1. The van der Waals surface area contributed by atoms with Gasteiger partial charge in [-0.1, -0.05) is 24.3 Å². The van der Waals surface area contributed by atoms with Gasteiger partial charge in [0.25, 0.3) is 10.2 Å². The van der Waals surface area contributed by atoms with E-state index >= 15 is 0 Å². The second-order valence-corrected chi connectivity index (χ2v) is 8.20. The molecule has 0 amide bonds. The molecular weight excluding hydrogens is 362 g/mol. The van der Waals surface area contributed by atoms with Crippen LogP contribution in [0.3, 0.4) is 0 Å². The van der Waals surface area contributed by atoms with Crippen LogP contribution < -0.4 is 9.46 Å². The van der Waals surface area contributed by atoms with Crippen molar-refractivity contribution in [3.63, 3.8) is 0 Å². The number of pyridine rings is 1. The van der Waals surface area contributed by atoms with Gasteiger partial charge in [0.05, 0.1) is 12.6 Å². The Morgan fingerprint density at radius 2 is 1.85 bits per heavy atom. The number of aromatic nitrogens is 1. The molecule has 0 aliphatic rings. The lowest BCUT2D eigenvalue weighted by Crippen LogP contribution is -2.37. The first-order chi connectivity index (χ1) is 12.9. The zero-order valence-electron chi connectivity index (χ0n) is 15.6. The third kappa shape index (κ3) is 4.27. The van der Waals surface area contributed by atoms with Gasteiger partial charge >= 0.3 is 0 Å². The number of rotatable bonds is 7. The molecule has 1 aromatic heterocycles. The van der Waals surface area contributed by atoms with Crippen molar-refractivity contribution < 1.29 is 13.2 Å². The second-order valence-electron chi connectivity index (χ2n) is 6.22. The van der Waals surface area contributed by atoms with E-state index in [4.69, 9.17) is 4.74 Å². The summed E-state index contributed by atoms with van der Waals surface area (Å²) >= 11 is 0. The van der Waals surface area contributed by atoms with Crippen LogP contribution in [0, 0.1) is 0 Å². The number of nitrogens with zero attached hydrogens (tertiary/aromatic N) is 2. The minimum absolute atomic E-state index is 0.417. The van der Waals surface area contributed by atoms with E-state index in [-0.39, 0.29) is 0 Å². The van der Waals surface area contributed by atoms with Gasteiger partial charge in [-0.3, -0.25) is 4.98 Å². The van der Waals surface area contributed by atoms with E-state index in [1.165, 1.54) is 11.4 Å².